The van der Waals surface area contributed by atoms with Crippen molar-refractivity contribution in [2.75, 3.05) is 16.2 Å². The monoisotopic (exact) mass is 460 g/mol. The van der Waals surface area contributed by atoms with E-state index in [9.17, 15) is 13.2 Å². The molecule has 3 aromatic rings. The molecule has 0 aromatic heterocycles. The Labute approximate surface area is 185 Å². The van der Waals surface area contributed by atoms with Crippen molar-refractivity contribution < 1.29 is 13.2 Å². The van der Waals surface area contributed by atoms with Gasteiger partial charge in [-0.15, -0.1) is 0 Å². The number of rotatable bonds is 4. The van der Waals surface area contributed by atoms with E-state index in [4.69, 9.17) is 23.2 Å². The van der Waals surface area contributed by atoms with Crippen LogP contribution in [0.5, 0.6) is 0 Å². The van der Waals surface area contributed by atoms with E-state index in [1.165, 1.54) is 16.4 Å². The third-order valence-corrected chi connectivity index (χ3v) is 7.51. The number of aryl methyl sites for hydroxylation is 1. The minimum absolute atomic E-state index is 0.179. The highest BCUT2D eigenvalue weighted by Gasteiger charge is 2.31. The quantitative estimate of drug-likeness (QED) is 0.573. The van der Waals surface area contributed by atoms with E-state index >= 15 is 0 Å². The number of halogens is 2. The van der Waals surface area contributed by atoms with E-state index < -0.39 is 10.0 Å². The summed E-state index contributed by atoms with van der Waals surface area (Å²) in [5.74, 6) is -0.281. The van der Waals surface area contributed by atoms with Gasteiger partial charge in [-0.2, -0.15) is 0 Å². The highest BCUT2D eigenvalue weighted by molar-refractivity contribution is 7.92. The van der Waals surface area contributed by atoms with Crippen LogP contribution in [0.1, 0.15) is 21.5 Å². The summed E-state index contributed by atoms with van der Waals surface area (Å²) >= 11 is 12.0. The summed E-state index contributed by atoms with van der Waals surface area (Å²) in [7, 11) is -3.70. The zero-order valence-electron chi connectivity index (χ0n) is 16.0. The predicted octanol–water partition coefficient (Wildman–Crippen LogP) is 5.31. The summed E-state index contributed by atoms with van der Waals surface area (Å²) < 4.78 is 27.4. The van der Waals surface area contributed by atoms with Crippen LogP contribution in [0.25, 0.3) is 0 Å². The molecule has 0 aliphatic carbocycles. The second-order valence-electron chi connectivity index (χ2n) is 7.04. The summed E-state index contributed by atoms with van der Waals surface area (Å²) in [5.41, 5.74) is 3.37. The zero-order valence-corrected chi connectivity index (χ0v) is 18.4. The Morgan fingerprint density at radius 2 is 1.73 bits per heavy atom. The Bertz CT molecular complexity index is 1240. The van der Waals surface area contributed by atoms with Gasteiger partial charge in [0.1, 0.15) is 0 Å². The fraction of sp³-hybridized carbons (Fsp3) is 0.136. The number of carbonyl (C=O) groups excluding carboxylic acids is 1. The van der Waals surface area contributed by atoms with Crippen LogP contribution in [0.15, 0.2) is 65.6 Å². The van der Waals surface area contributed by atoms with Crippen LogP contribution in [-0.4, -0.2) is 20.9 Å². The topological polar surface area (TPSA) is 66.5 Å². The van der Waals surface area contributed by atoms with Crippen LogP contribution < -0.4 is 9.62 Å². The lowest BCUT2D eigenvalue weighted by Gasteiger charge is -2.19. The Balaban J connectivity index is 1.58. The number of amides is 1. The molecule has 8 heteroatoms. The van der Waals surface area contributed by atoms with Gasteiger partial charge in [0.05, 0.1) is 10.6 Å². The lowest BCUT2D eigenvalue weighted by Crippen LogP contribution is -2.29. The van der Waals surface area contributed by atoms with Crippen molar-refractivity contribution in [3.63, 3.8) is 0 Å². The fourth-order valence-corrected chi connectivity index (χ4v) is 5.18. The Kier molecular flexibility index (Phi) is 5.49. The van der Waals surface area contributed by atoms with Gasteiger partial charge in [-0.25, -0.2) is 8.42 Å². The molecule has 154 valence electrons. The molecule has 0 bridgehead atoms. The van der Waals surface area contributed by atoms with Crippen LogP contribution in [0.4, 0.5) is 11.4 Å². The normalized spacial score (nSPS) is 13.2. The van der Waals surface area contributed by atoms with Crippen molar-refractivity contribution in [3.8, 4) is 0 Å². The van der Waals surface area contributed by atoms with Gasteiger partial charge in [0.15, 0.2) is 0 Å². The highest BCUT2D eigenvalue weighted by Crippen LogP contribution is 2.34. The Morgan fingerprint density at radius 1 is 1.00 bits per heavy atom. The van der Waals surface area contributed by atoms with Gasteiger partial charge < -0.3 is 5.32 Å². The molecule has 3 aromatic carbocycles. The summed E-state index contributed by atoms with van der Waals surface area (Å²) in [4.78, 5) is 12.8. The molecular formula is C22H18Cl2N2O3S. The van der Waals surface area contributed by atoms with E-state index in [-0.39, 0.29) is 10.8 Å². The van der Waals surface area contributed by atoms with Gasteiger partial charge in [0, 0.05) is 27.8 Å². The van der Waals surface area contributed by atoms with Gasteiger partial charge in [-0.3, -0.25) is 9.10 Å². The minimum atomic E-state index is -3.70. The molecule has 5 nitrogen and oxygen atoms in total. The van der Waals surface area contributed by atoms with Gasteiger partial charge in [-0.1, -0.05) is 29.3 Å². The first-order chi connectivity index (χ1) is 14.3. The molecule has 0 atom stereocenters. The maximum Gasteiger partial charge on any atom is 0.264 e. The smallest absolute Gasteiger partial charge is 0.264 e. The first-order valence-corrected chi connectivity index (χ1v) is 11.4. The van der Waals surface area contributed by atoms with Crippen LogP contribution in [-0.2, 0) is 16.4 Å². The molecule has 1 aliphatic rings. The van der Waals surface area contributed by atoms with Crippen molar-refractivity contribution >= 4 is 50.5 Å². The fourth-order valence-electron chi connectivity index (χ4n) is 3.37. The van der Waals surface area contributed by atoms with E-state index in [1.807, 2.05) is 13.0 Å². The van der Waals surface area contributed by atoms with Crippen LogP contribution in [0.3, 0.4) is 0 Å². The molecule has 0 saturated heterocycles. The molecule has 0 fully saturated rings. The lowest BCUT2D eigenvalue weighted by atomic mass is 10.1. The van der Waals surface area contributed by atoms with E-state index in [0.29, 0.717) is 39.9 Å². The maximum atomic E-state index is 13.0. The summed E-state index contributed by atoms with van der Waals surface area (Å²) in [6.07, 6.45) is 0.527. The Morgan fingerprint density at radius 3 is 2.43 bits per heavy atom. The van der Waals surface area contributed by atoms with Gasteiger partial charge in [0.25, 0.3) is 15.9 Å². The van der Waals surface area contributed by atoms with E-state index in [0.717, 1.165) is 11.1 Å². The van der Waals surface area contributed by atoms with Crippen molar-refractivity contribution in [2.24, 2.45) is 0 Å². The summed E-state index contributed by atoms with van der Waals surface area (Å²) in [6.45, 7) is 2.21. The van der Waals surface area contributed by atoms with Crippen molar-refractivity contribution in [3.05, 3.63) is 87.4 Å². The molecule has 1 N–H and O–H groups in total. The molecule has 1 aliphatic heterocycles. The van der Waals surface area contributed by atoms with Gasteiger partial charge in [-0.05, 0) is 79.1 Å². The average Bonchev–Trinajstić information content (AvgIpc) is 3.15. The Hall–Kier alpha value is -2.54. The van der Waals surface area contributed by atoms with Crippen molar-refractivity contribution in [1.29, 1.82) is 0 Å². The third-order valence-electron chi connectivity index (χ3n) is 5.03. The number of nitrogens with one attached hydrogen (secondary N) is 1. The average molecular weight is 461 g/mol. The second kappa shape index (κ2) is 7.95. The van der Waals surface area contributed by atoms with Crippen LogP contribution in [0, 0.1) is 6.92 Å². The number of fused-ring (bicyclic) bond motifs is 1. The van der Waals surface area contributed by atoms with E-state index in [2.05, 4.69) is 5.32 Å². The number of benzene rings is 3. The summed E-state index contributed by atoms with van der Waals surface area (Å²) in [6, 6.07) is 16.4. The highest BCUT2D eigenvalue weighted by atomic mass is 35.5. The van der Waals surface area contributed by atoms with Crippen LogP contribution in [0.2, 0.25) is 10.0 Å². The van der Waals surface area contributed by atoms with Crippen molar-refractivity contribution in [1.82, 2.24) is 0 Å². The third kappa shape index (κ3) is 3.90. The second-order valence-corrected chi connectivity index (χ2v) is 9.75. The number of anilines is 2. The number of sulfonamides is 1. The number of nitrogens with zero attached hydrogens (tertiary/aromatic N) is 1. The summed E-state index contributed by atoms with van der Waals surface area (Å²) in [5, 5.41) is 3.87. The molecule has 30 heavy (non-hydrogen) atoms. The molecule has 1 amide bonds. The molecule has 4 rings (SSSR count). The zero-order chi connectivity index (χ0) is 21.5. The van der Waals surface area contributed by atoms with Gasteiger partial charge in [0.2, 0.25) is 0 Å². The lowest BCUT2D eigenvalue weighted by molar-refractivity contribution is 0.102. The predicted molar refractivity (Wildman–Crippen MR) is 120 cm³/mol. The SMILES string of the molecule is Cc1ccc(NC(=O)c2ccc3c(c2)CCN3S(=O)(=O)c2ccc(Cl)cc2)cc1Cl. The largest absolute Gasteiger partial charge is 0.322 e. The molecule has 1 heterocycles. The number of hydrogen-bond donors (Lipinski definition) is 1. The van der Waals surface area contributed by atoms with Crippen LogP contribution >= 0.6 is 23.2 Å². The van der Waals surface area contributed by atoms with E-state index in [1.54, 1.807) is 42.5 Å². The molecule has 0 radical (unpaired) electrons. The maximum absolute atomic E-state index is 13.0. The van der Waals surface area contributed by atoms with Crippen molar-refractivity contribution in [2.45, 2.75) is 18.2 Å². The number of carbonyl (C=O) groups is 1. The number of hydrogen-bond acceptors (Lipinski definition) is 3. The van der Waals surface area contributed by atoms with Gasteiger partial charge >= 0.3 is 0 Å². The first kappa shape index (κ1) is 20.7. The molecule has 0 saturated carbocycles. The molecule has 0 unspecified atom stereocenters. The minimum Gasteiger partial charge on any atom is -0.322 e. The molecule has 0 spiro atoms. The standard InChI is InChI=1S/C22H18Cl2N2O3S/c1-14-2-6-18(13-20(14)24)25-22(27)16-3-9-21-15(12-16)10-11-26(21)30(28,29)19-7-4-17(23)5-8-19/h2-9,12-13H,10-11H2,1H3,(H,25,27). The first-order valence-electron chi connectivity index (χ1n) is 9.24. The molecular weight excluding hydrogens is 443 g/mol.